The predicted octanol–water partition coefficient (Wildman–Crippen LogP) is 1.72. The van der Waals surface area contributed by atoms with Crippen LogP contribution in [0.3, 0.4) is 0 Å². The summed E-state index contributed by atoms with van der Waals surface area (Å²) >= 11 is 0. The van der Waals surface area contributed by atoms with Gasteiger partial charge in [0.25, 0.3) is 0 Å². The van der Waals surface area contributed by atoms with Gasteiger partial charge in [0.15, 0.2) is 5.96 Å². The maximum absolute atomic E-state index is 12.0. The third-order valence-electron chi connectivity index (χ3n) is 2.56. The lowest BCUT2D eigenvalue weighted by molar-refractivity contribution is 0.210. The Morgan fingerprint density at radius 1 is 1.45 bits per heavy atom. The molecule has 110 valence electrons. The number of aromatic nitrogens is 1. The molecule has 0 atom stereocenters. The fourth-order valence-electron chi connectivity index (χ4n) is 1.68. The fraction of sp³-hybridized carbons (Fsp3) is 0.500. The van der Waals surface area contributed by atoms with Crippen LogP contribution >= 0.6 is 0 Å². The summed E-state index contributed by atoms with van der Waals surface area (Å²) in [6.45, 7) is 6.05. The summed E-state index contributed by atoms with van der Waals surface area (Å²) in [7, 11) is 0. The zero-order chi connectivity index (χ0) is 15.2. The van der Waals surface area contributed by atoms with E-state index in [2.05, 4.69) is 10.3 Å². The molecule has 0 unspecified atom stereocenters. The van der Waals surface area contributed by atoms with E-state index in [1.807, 2.05) is 39.0 Å². The summed E-state index contributed by atoms with van der Waals surface area (Å²) in [5, 5.41) is 10.3. The molecule has 0 aliphatic rings. The first-order chi connectivity index (χ1) is 9.29. The second-order valence-electron chi connectivity index (χ2n) is 5.64. The third kappa shape index (κ3) is 5.69. The van der Waals surface area contributed by atoms with Gasteiger partial charge in [-0.15, -0.1) is 0 Å². The highest BCUT2D eigenvalue weighted by Gasteiger charge is 2.21. The molecule has 0 bridgehead atoms. The Morgan fingerprint density at radius 2 is 2.15 bits per heavy atom. The van der Waals surface area contributed by atoms with Gasteiger partial charge in [-0.1, -0.05) is 6.07 Å². The van der Waals surface area contributed by atoms with Crippen molar-refractivity contribution in [3.8, 4) is 0 Å². The van der Waals surface area contributed by atoms with Gasteiger partial charge < -0.3 is 11.1 Å². The summed E-state index contributed by atoms with van der Waals surface area (Å²) in [4.78, 5) is 17.5. The Labute approximate surface area is 119 Å². The van der Waals surface area contributed by atoms with Gasteiger partial charge in [0.05, 0.1) is 0 Å². The van der Waals surface area contributed by atoms with Crippen LogP contribution in [0.2, 0.25) is 0 Å². The molecule has 6 nitrogen and oxygen atoms in total. The molecule has 0 spiro atoms. The van der Waals surface area contributed by atoms with Crippen molar-refractivity contribution in [3.05, 3.63) is 30.1 Å². The van der Waals surface area contributed by atoms with Crippen LogP contribution in [0.5, 0.6) is 0 Å². The molecule has 6 heteroatoms. The summed E-state index contributed by atoms with van der Waals surface area (Å²) in [6.07, 6.45) is 3.19. The van der Waals surface area contributed by atoms with Crippen LogP contribution in [-0.2, 0) is 6.42 Å². The number of urea groups is 1. The number of rotatable bonds is 4. The van der Waals surface area contributed by atoms with E-state index in [0.29, 0.717) is 13.0 Å². The number of hydrogen-bond acceptors (Lipinski definition) is 3. The minimum atomic E-state index is -0.355. The van der Waals surface area contributed by atoms with Crippen LogP contribution in [0.1, 0.15) is 32.9 Å². The zero-order valence-corrected chi connectivity index (χ0v) is 12.3. The number of hydrogen-bond donors (Lipinski definition) is 3. The monoisotopic (exact) mass is 277 g/mol. The van der Waals surface area contributed by atoms with Crippen LogP contribution in [0, 0.1) is 5.41 Å². The molecular weight excluding hydrogens is 254 g/mol. The van der Waals surface area contributed by atoms with Crippen molar-refractivity contribution in [1.29, 1.82) is 5.41 Å². The molecule has 1 aromatic heterocycles. The Morgan fingerprint density at radius 3 is 2.65 bits per heavy atom. The molecule has 0 saturated carbocycles. The maximum atomic E-state index is 12.0. The van der Waals surface area contributed by atoms with Crippen molar-refractivity contribution < 1.29 is 4.79 Å². The number of guanidine groups is 1. The lowest BCUT2D eigenvalue weighted by atomic mass is 10.1. The average Bonchev–Trinajstić information content (AvgIpc) is 2.33. The van der Waals surface area contributed by atoms with Gasteiger partial charge in [0, 0.05) is 24.0 Å². The highest BCUT2D eigenvalue weighted by atomic mass is 16.2. The lowest BCUT2D eigenvalue weighted by Gasteiger charge is -2.27. The number of aryl methyl sites for hydroxylation is 1. The Hall–Kier alpha value is -2.11. The SMILES string of the molecule is CC(C)(C)NC(=O)N(CCCc1ccccn1)C(=N)N. The van der Waals surface area contributed by atoms with Crippen LogP contribution < -0.4 is 11.1 Å². The van der Waals surface area contributed by atoms with Crippen LogP contribution in [0.25, 0.3) is 0 Å². The minimum absolute atomic E-state index is 0.243. The van der Waals surface area contributed by atoms with Gasteiger partial charge in [-0.05, 0) is 45.7 Å². The molecule has 0 radical (unpaired) electrons. The van der Waals surface area contributed by atoms with E-state index in [1.54, 1.807) is 6.20 Å². The van der Waals surface area contributed by atoms with E-state index in [0.717, 1.165) is 12.1 Å². The molecule has 1 aromatic rings. The Kier molecular flexibility index (Phi) is 5.49. The molecule has 0 fully saturated rings. The van der Waals surface area contributed by atoms with E-state index in [4.69, 9.17) is 11.1 Å². The summed E-state index contributed by atoms with van der Waals surface area (Å²) in [5.74, 6) is -0.243. The second kappa shape index (κ2) is 6.88. The molecule has 4 N–H and O–H groups in total. The van der Waals surface area contributed by atoms with E-state index >= 15 is 0 Å². The van der Waals surface area contributed by atoms with Gasteiger partial charge in [0.1, 0.15) is 0 Å². The quantitative estimate of drug-likeness (QED) is 0.577. The number of carbonyl (C=O) groups is 1. The van der Waals surface area contributed by atoms with Crippen molar-refractivity contribution in [2.45, 2.75) is 39.2 Å². The number of nitrogens with two attached hydrogens (primary N) is 1. The predicted molar refractivity (Wildman–Crippen MR) is 79.5 cm³/mol. The fourth-order valence-corrected chi connectivity index (χ4v) is 1.68. The third-order valence-corrected chi connectivity index (χ3v) is 2.56. The first kappa shape index (κ1) is 15.9. The van der Waals surface area contributed by atoms with E-state index in [9.17, 15) is 4.79 Å². The second-order valence-corrected chi connectivity index (χ2v) is 5.64. The van der Waals surface area contributed by atoms with Crippen molar-refractivity contribution >= 4 is 12.0 Å². The van der Waals surface area contributed by atoms with Crippen molar-refractivity contribution in [3.63, 3.8) is 0 Å². The molecule has 0 aromatic carbocycles. The summed E-state index contributed by atoms with van der Waals surface area (Å²) in [6, 6.07) is 5.39. The van der Waals surface area contributed by atoms with E-state index < -0.39 is 0 Å². The smallest absolute Gasteiger partial charge is 0.324 e. The Bertz CT molecular complexity index is 452. The summed E-state index contributed by atoms with van der Waals surface area (Å²) in [5.41, 5.74) is 6.08. The van der Waals surface area contributed by atoms with Gasteiger partial charge in [-0.2, -0.15) is 0 Å². The van der Waals surface area contributed by atoms with E-state index in [1.165, 1.54) is 4.90 Å². The number of pyridine rings is 1. The summed E-state index contributed by atoms with van der Waals surface area (Å²) < 4.78 is 0. The van der Waals surface area contributed by atoms with Crippen molar-refractivity contribution in [2.24, 2.45) is 5.73 Å². The molecular formula is C14H23N5O. The average molecular weight is 277 g/mol. The first-order valence-electron chi connectivity index (χ1n) is 6.63. The molecule has 0 saturated heterocycles. The Balaban J connectivity index is 2.51. The van der Waals surface area contributed by atoms with Crippen LogP contribution in [-0.4, -0.2) is 34.0 Å². The van der Waals surface area contributed by atoms with Crippen molar-refractivity contribution in [1.82, 2.24) is 15.2 Å². The molecule has 2 amide bonds. The van der Waals surface area contributed by atoms with E-state index in [-0.39, 0.29) is 17.5 Å². The van der Waals surface area contributed by atoms with Crippen molar-refractivity contribution in [2.75, 3.05) is 6.54 Å². The lowest BCUT2D eigenvalue weighted by Crippen LogP contribution is -2.52. The maximum Gasteiger partial charge on any atom is 0.324 e. The van der Waals surface area contributed by atoms with Gasteiger partial charge in [0.2, 0.25) is 0 Å². The zero-order valence-electron chi connectivity index (χ0n) is 12.3. The topological polar surface area (TPSA) is 95.1 Å². The normalized spacial score (nSPS) is 10.9. The minimum Gasteiger partial charge on any atom is -0.370 e. The first-order valence-corrected chi connectivity index (χ1v) is 6.63. The largest absolute Gasteiger partial charge is 0.370 e. The standard InChI is InChI=1S/C14H23N5O/c1-14(2,3)18-13(20)19(12(15)16)10-6-8-11-7-4-5-9-17-11/h4-5,7,9H,6,8,10H2,1-3H3,(H3,15,16)(H,18,20). The highest BCUT2D eigenvalue weighted by Crippen LogP contribution is 2.04. The van der Waals surface area contributed by atoms with Gasteiger partial charge in [-0.3, -0.25) is 15.3 Å². The molecule has 0 aliphatic carbocycles. The molecule has 1 rings (SSSR count). The number of carbonyl (C=O) groups excluding carboxylic acids is 1. The number of nitrogens with one attached hydrogen (secondary N) is 2. The van der Waals surface area contributed by atoms with Crippen LogP contribution in [0.15, 0.2) is 24.4 Å². The number of nitrogens with zero attached hydrogens (tertiary/aromatic N) is 2. The molecule has 1 heterocycles. The molecule has 0 aliphatic heterocycles. The molecule has 20 heavy (non-hydrogen) atoms. The van der Waals surface area contributed by atoms with Gasteiger partial charge in [-0.25, -0.2) is 4.79 Å². The highest BCUT2D eigenvalue weighted by molar-refractivity contribution is 5.94. The number of amides is 2. The van der Waals surface area contributed by atoms with Gasteiger partial charge >= 0.3 is 6.03 Å². The van der Waals surface area contributed by atoms with Crippen LogP contribution in [0.4, 0.5) is 4.79 Å².